The second kappa shape index (κ2) is 8.97. The second-order valence-electron chi connectivity index (χ2n) is 6.99. The van der Waals surface area contributed by atoms with Crippen molar-refractivity contribution in [2.45, 2.75) is 32.4 Å². The second-order valence-corrected chi connectivity index (χ2v) is 9.66. The fourth-order valence-corrected chi connectivity index (χ4v) is 5.13. The summed E-state index contributed by atoms with van der Waals surface area (Å²) < 4.78 is 29.5. The maximum Gasteiger partial charge on any atom is 0.261 e. The number of amides is 1. The highest BCUT2D eigenvalue weighted by atomic mass is 35.5. The lowest BCUT2D eigenvalue weighted by atomic mass is 10.1. The molecular weight excluding hydrogens is 398 g/mol. The van der Waals surface area contributed by atoms with E-state index in [1.165, 1.54) is 5.56 Å². The molecule has 2 aromatic carbocycles. The summed E-state index contributed by atoms with van der Waals surface area (Å²) in [5.41, 5.74) is 2.09. The van der Waals surface area contributed by atoms with Gasteiger partial charge >= 0.3 is 0 Å². The van der Waals surface area contributed by atoms with Gasteiger partial charge in [0.15, 0.2) is 16.4 Å². The van der Waals surface area contributed by atoms with E-state index in [1.807, 2.05) is 36.4 Å². The van der Waals surface area contributed by atoms with Gasteiger partial charge in [-0.2, -0.15) is 0 Å². The van der Waals surface area contributed by atoms with Gasteiger partial charge in [0, 0.05) is 17.6 Å². The van der Waals surface area contributed by atoms with Gasteiger partial charge in [0.25, 0.3) is 5.91 Å². The fourth-order valence-electron chi connectivity index (χ4n) is 3.28. The number of aryl methyl sites for hydroxylation is 1. The van der Waals surface area contributed by atoms with Crippen LogP contribution in [0.1, 0.15) is 24.5 Å². The highest BCUT2D eigenvalue weighted by molar-refractivity contribution is 7.91. The molecule has 0 radical (unpaired) electrons. The van der Waals surface area contributed by atoms with Gasteiger partial charge in [0.2, 0.25) is 0 Å². The quantitative estimate of drug-likeness (QED) is 0.686. The molecule has 3 rings (SSSR count). The van der Waals surface area contributed by atoms with Crippen molar-refractivity contribution in [3.05, 3.63) is 64.7 Å². The smallest absolute Gasteiger partial charge is 0.261 e. The molecule has 0 aliphatic carbocycles. The van der Waals surface area contributed by atoms with Crippen LogP contribution in [0, 0.1) is 0 Å². The molecule has 5 nitrogen and oxygen atoms in total. The summed E-state index contributed by atoms with van der Waals surface area (Å²) in [6.07, 6.45) is 1.39. The van der Waals surface area contributed by atoms with Crippen LogP contribution in [0.4, 0.5) is 0 Å². The highest BCUT2D eigenvalue weighted by Gasteiger charge is 2.34. The Bertz CT molecular complexity index is 910. The van der Waals surface area contributed by atoms with Crippen LogP contribution in [-0.2, 0) is 27.6 Å². The van der Waals surface area contributed by atoms with Crippen molar-refractivity contribution < 1.29 is 17.9 Å². The van der Waals surface area contributed by atoms with Gasteiger partial charge in [-0.3, -0.25) is 4.79 Å². The Kier molecular flexibility index (Phi) is 6.62. The lowest BCUT2D eigenvalue weighted by molar-refractivity contribution is -0.136. The van der Waals surface area contributed by atoms with Crippen LogP contribution in [0.2, 0.25) is 5.02 Å². The zero-order valence-electron chi connectivity index (χ0n) is 15.8. The molecule has 7 heteroatoms. The monoisotopic (exact) mass is 421 g/mol. The molecule has 28 heavy (non-hydrogen) atoms. The molecule has 2 aromatic rings. The first-order valence-electron chi connectivity index (χ1n) is 9.32. The minimum Gasteiger partial charge on any atom is -0.484 e. The Morgan fingerprint density at radius 2 is 1.75 bits per heavy atom. The summed E-state index contributed by atoms with van der Waals surface area (Å²) >= 11 is 5.93. The van der Waals surface area contributed by atoms with Gasteiger partial charge in [-0.05, 0) is 48.2 Å². The number of hydrogen-bond donors (Lipinski definition) is 0. The minimum absolute atomic E-state index is 0.00245. The number of nitrogens with zero attached hydrogens (tertiary/aromatic N) is 1. The summed E-state index contributed by atoms with van der Waals surface area (Å²) in [4.78, 5) is 14.5. The highest BCUT2D eigenvalue weighted by Crippen LogP contribution is 2.22. The number of carbonyl (C=O) groups excluding carboxylic acids is 1. The number of sulfone groups is 1. The number of ether oxygens (including phenoxy) is 1. The number of hydrogen-bond acceptors (Lipinski definition) is 4. The minimum atomic E-state index is -3.10. The van der Waals surface area contributed by atoms with Crippen LogP contribution in [0.5, 0.6) is 5.75 Å². The summed E-state index contributed by atoms with van der Waals surface area (Å²) in [6, 6.07) is 14.5. The van der Waals surface area contributed by atoms with E-state index >= 15 is 0 Å². The Labute approximate surface area is 171 Å². The molecule has 1 amide bonds. The number of halogens is 1. The molecule has 1 heterocycles. The molecule has 1 saturated heterocycles. The van der Waals surface area contributed by atoms with Gasteiger partial charge < -0.3 is 9.64 Å². The van der Waals surface area contributed by atoms with E-state index in [2.05, 4.69) is 6.92 Å². The zero-order valence-corrected chi connectivity index (χ0v) is 17.4. The standard InChI is InChI=1S/C21H24ClNO4S/c1-2-16-5-9-20(10-6-16)27-14-21(24)23(19-11-12-28(25,26)15-19)13-17-3-7-18(22)8-4-17/h3-10,19H,2,11-15H2,1H3/t19-/m1/s1. The normalized spacial score (nSPS) is 18.0. The topological polar surface area (TPSA) is 63.7 Å². The molecule has 0 spiro atoms. The van der Waals surface area contributed by atoms with Crippen LogP contribution in [0.3, 0.4) is 0 Å². The van der Waals surface area contributed by atoms with E-state index in [9.17, 15) is 13.2 Å². The maximum atomic E-state index is 12.9. The molecule has 1 atom stereocenters. The van der Waals surface area contributed by atoms with Crippen molar-refractivity contribution in [1.82, 2.24) is 4.90 Å². The first-order valence-corrected chi connectivity index (χ1v) is 11.5. The van der Waals surface area contributed by atoms with Crippen molar-refractivity contribution in [3.63, 3.8) is 0 Å². The molecule has 150 valence electrons. The van der Waals surface area contributed by atoms with E-state index < -0.39 is 9.84 Å². The van der Waals surface area contributed by atoms with Crippen LogP contribution in [0.15, 0.2) is 48.5 Å². The van der Waals surface area contributed by atoms with Crippen molar-refractivity contribution >= 4 is 27.3 Å². The van der Waals surface area contributed by atoms with Crippen LogP contribution < -0.4 is 4.74 Å². The van der Waals surface area contributed by atoms with E-state index in [4.69, 9.17) is 16.3 Å². The molecule has 0 saturated carbocycles. The first kappa shape index (κ1) is 20.7. The molecule has 0 N–H and O–H groups in total. The third-order valence-corrected chi connectivity index (χ3v) is 6.93. The third kappa shape index (κ3) is 5.49. The Morgan fingerprint density at radius 1 is 1.11 bits per heavy atom. The van der Waals surface area contributed by atoms with Gasteiger partial charge in [-0.15, -0.1) is 0 Å². The molecule has 0 aromatic heterocycles. The van der Waals surface area contributed by atoms with Crippen molar-refractivity contribution in [2.75, 3.05) is 18.1 Å². The van der Waals surface area contributed by atoms with Crippen LogP contribution >= 0.6 is 11.6 Å². The SMILES string of the molecule is CCc1ccc(OCC(=O)N(Cc2ccc(Cl)cc2)[C@@H]2CCS(=O)(=O)C2)cc1. The van der Waals surface area contributed by atoms with Gasteiger partial charge in [-0.1, -0.05) is 42.8 Å². The third-order valence-electron chi connectivity index (χ3n) is 4.93. The molecule has 0 unspecified atom stereocenters. The van der Waals surface area contributed by atoms with E-state index in [-0.39, 0.29) is 30.1 Å². The Hall–Kier alpha value is -2.05. The summed E-state index contributed by atoms with van der Waals surface area (Å²) in [5, 5.41) is 0.615. The van der Waals surface area contributed by atoms with E-state index in [0.29, 0.717) is 23.7 Å². The summed E-state index contributed by atoms with van der Waals surface area (Å²) in [5.74, 6) is 0.506. The largest absolute Gasteiger partial charge is 0.484 e. The van der Waals surface area contributed by atoms with Crippen molar-refractivity contribution in [2.24, 2.45) is 0 Å². The first-order chi connectivity index (χ1) is 13.4. The van der Waals surface area contributed by atoms with Crippen molar-refractivity contribution in [1.29, 1.82) is 0 Å². The van der Waals surface area contributed by atoms with E-state index in [1.54, 1.807) is 17.0 Å². The molecule has 0 bridgehead atoms. The molecule has 1 fully saturated rings. The van der Waals surface area contributed by atoms with Gasteiger partial charge in [0.1, 0.15) is 5.75 Å². The molecule has 1 aliphatic rings. The fraction of sp³-hybridized carbons (Fsp3) is 0.381. The average Bonchev–Trinajstić information content (AvgIpc) is 3.05. The predicted octanol–water partition coefficient (Wildman–Crippen LogP) is 3.50. The Balaban J connectivity index is 1.71. The maximum absolute atomic E-state index is 12.9. The zero-order chi connectivity index (χ0) is 20.1. The molecular formula is C21H24ClNO4S. The lowest BCUT2D eigenvalue weighted by Gasteiger charge is -2.28. The van der Waals surface area contributed by atoms with Gasteiger partial charge in [0.05, 0.1) is 11.5 Å². The Morgan fingerprint density at radius 3 is 2.32 bits per heavy atom. The number of benzene rings is 2. The van der Waals surface area contributed by atoms with Crippen molar-refractivity contribution in [3.8, 4) is 5.75 Å². The summed E-state index contributed by atoms with van der Waals surface area (Å²) in [6.45, 7) is 2.27. The lowest BCUT2D eigenvalue weighted by Crippen LogP contribution is -2.43. The number of rotatable bonds is 7. The molecule has 1 aliphatic heterocycles. The predicted molar refractivity (Wildman–Crippen MR) is 110 cm³/mol. The van der Waals surface area contributed by atoms with Gasteiger partial charge in [-0.25, -0.2) is 8.42 Å². The van der Waals surface area contributed by atoms with E-state index in [0.717, 1.165) is 12.0 Å². The number of carbonyl (C=O) groups is 1. The average molecular weight is 422 g/mol. The van der Waals surface area contributed by atoms with Crippen LogP contribution in [0.25, 0.3) is 0 Å². The van der Waals surface area contributed by atoms with Crippen LogP contribution in [-0.4, -0.2) is 43.4 Å². The summed E-state index contributed by atoms with van der Waals surface area (Å²) in [7, 11) is -3.10.